The van der Waals surface area contributed by atoms with Crippen molar-refractivity contribution in [1.82, 2.24) is 10.2 Å². The second-order valence-electron chi connectivity index (χ2n) is 5.01. The van der Waals surface area contributed by atoms with Gasteiger partial charge in [0.15, 0.2) is 5.78 Å². The maximum Gasteiger partial charge on any atom is 0.277 e. The third-order valence-corrected chi connectivity index (χ3v) is 4.27. The lowest BCUT2D eigenvalue weighted by atomic mass is 10.1. The van der Waals surface area contributed by atoms with Crippen molar-refractivity contribution in [3.63, 3.8) is 0 Å². The van der Waals surface area contributed by atoms with Crippen LogP contribution < -0.4 is 0 Å². The number of carbonyl (C=O) groups excluding carboxylic acids is 1. The number of ketones is 1. The smallest absolute Gasteiger partial charge is 0.277 e. The Bertz CT molecular complexity index is 891. The summed E-state index contributed by atoms with van der Waals surface area (Å²) in [5.74, 6) is -1.11. The van der Waals surface area contributed by atoms with Crippen LogP contribution in [0.15, 0.2) is 44.6 Å². The molecule has 0 aliphatic carbocycles. The molecule has 0 fully saturated rings. The van der Waals surface area contributed by atoms with Crippen LogP contribution in [0, 0.1) is 18.6 Å². The molecule has 1 aromatic carbocycles. The van der Waals surface area contributed by atoms with Gasteiger partial charge in [0, 0.05) is 0 Å². The summed E-state index contributed by atoms with van der Waals surface area (Å²) in [6, 6.07) is 4.45. The summed E-state index contributed by atoms with van der Waals surface area (Å²) in [5, 5.41) is 7.18. The second-order valence-corrected chi connectivity index (χ2v) is 6.30. The molecule has 0 spiro atoms. The molecule has 0 amide bonds. The lowest BCUT2D eigenvalue weighted by Crippen LogP contribution is -2.15. The number of furan rings is 1. The quantitative estimate of drug-likeness (QED) is 0.505. The van der Waals surface area contributed by atoms with Gasteiger partial charge in [-0.1, -0.05) is 11.8 Å². The molecule has 1 atom stereocenters. The lowest BCUT2D eigenvalue weighted by molar-refractivity contribution is 0.0989. The minimum atomic E-state index is -0.769. The van der Waals surface area contributed by atoms with Crippen molar-refractivity contribution in [2.24, 2.45) is 0 Å². The molecule has 0 radical (unpaired) electrons. The van der Waals surface area contributed by atoms with E-state index in [1.165, 1.54) is 6.26 Å². The van der Waals surface area contributed by atoms with Gasteiger partial charge < -0.3 is 8.83 Å². The summed E-state index contributed by atoms with van der Waals surface area (Å²) in [7, 11) is 0. The Morgan fingerprint density at radius 1 is 1.25 bits per heavy atom. The molecule has 5 nitrogen and oxygen atoms in total. The molecule has 3 rings (SSSR count). The molecule has 0 aliphatic rings. The van der Waals surface area contributed by atoms with Crippen molar-refractivity contribution in [2.75, 3.05) is 0 Å². The first kappa shape index (κ1) is 16.4. The van der Waals surface area contributed by atoms with E-state index in [1.54, 1.807) is 19.9 Å². The second kappa shape index (κ2) is 6.56. The minimum Gasteiger partial charge on any atom is -0.469 e. The summed E-state index contributed by atoms with van der Waals surface area (Å²) in [5.41, 5.74) is 0.352. The van der Waals surface area contributed by atoms with E-state index in [1.807, 2.05) is 0 Å². The maximum atomic E-state index is 13.7. The molecule has 8 heteroatoms. The molecular weight excluding hydrogens is 338 g/mol. The van der Waals surface area contributed by atoms with E-state index in [0.717, 1.165) is 30.0 Å². The Hall–Kier alpha value is -2.48. The highest BCUT2D eigenvalue weighted by atomic mass is 32.2. The highest BCUT2D eigenvalue weighted by Crippen LogP contribution is 2.29. The Balaban J connectivity index is 1.76. The SMILES string of the molecule is Cc1occc1-c1nnc(SC(C)C(=O)c2cc(F)ccc2F)o1. The topological polar surface area (TPSA) is 69.1 Å². The number of nitrogens with zero attached hydrogens (tertiary/aromatic N) is 2. The molecule has 2 heterocycles. The van der Waals surface area contributed by atoms with Crippen LogP contribution >= 0.6 is 11.8 Å². The fourth-order valence-corrected chi connectivity index (χ4v) is 2.83. The van der Waals surface area contributed by atoms with Crippen molar-refractivity contribution in [3.05, 3.63) is 53.5 Å². The van der Waals surface area contributed by atoms with Crippen LogP contribution in [-0.4, -0.2) is 21.2 Å². The summed E-state index contributed by atoms with van der Waals surface area (Å²) in [6.45, 7) is 3.32. The number of aromatic nitrogens is 2. The third-order valence-electron chi connectivity index (χ3n) is 3.34. The fourth-order valence-electron chi connectivity index (χ4n) is 2.08. The molecule has 2 aromatic heterocycles. The molecule has 1 unspecified atom stereocenters. The van der Waals surface area contributed by atoms with E-state index in [0.29, 0.717) is 11.3 Å². The first-order valence-electron chi connectivity index (χ1n) is 6.99. The molecule has 24 heavy (non-hydrogen) atoms. The predicted molar refractivity (Wildman–Crippen MR) is 82.7 cm³/mol. The van der Waals surface area contributed by atoms with Gasteiger partial charge in [-0.25, -0.2) is 8.78 Å². The molecule has 0 bridgehead atoms. The normalized spacial score (nSPS) is 12.3. The van der Waals surface area contributed by atoms with E-state index < -0.39 is 22.7 Å². The van der Waals surface area contributed by atoms with Crippen molar-refractivity contribution >= 4 is 17.5 Å². The highest BCUT2D eigenvalue weighted by Gasteiger charge is 2.23. The van der Waals surface area contributed by atoms with Crippen molar-refractivity contribution < 1.29 is 22.4 Å². The van der Waals surface area contributed by atoms with Crippen molar-refractivity contribution in [1.29, 1.82) is 0 Å². The Kier molecular flexibility index (Phi) is 4.48. The van der Waals surface area contributed by atoms with Crippen LogP contribution in [0.2, 0.25) is 0 Å². The summed E-state index contributed by atoms with van der Waals surface area (Å²) < 4.78 is 37.6. The van der Waals surface area contributed by atoms with Crippen LogP contribution in [0.4, 0.5) is 8.78 Å². The third kappa shape index (κ3) is 3.23. The van der Waals surface area contributed by atoms with Gasteiger partial charge in [0.05, 0.1) is 22.6 Å². The van der Waals surface area contributed by atoms with Crippen LogP contribution in [0.5, 0.6) is 0 Å². The zero-order chi connectivity index (χ0) is 17.3. The van der Waals surface area contributed by atoms with Crippen LogP contribution in [0.25, 0.3) is 11.5 Å². The lowest BCUT2D eigenvalue weighted by Gasteiger charge is -2.08. The Labute approximate surface area is 140 Å². The number of hydrogen-bond acceptors (Lipinski definition) is 6. The first-order valence-corrected chi connectivity index (χ1v) is 7.87. The average molecular weight is 350 g/mol. The number of Topliss-reactive ketones (excluding diaryl/α,β-unsaturated/α-hetero) is 1. The fraction of sp³-hybridized carbons (Fsp3) is 0.188. The summed E-state index contributed by atoms with van der Waals surface area (Å²) in [4.78, 5) is 12.3. The Morgan fingerprint density at radius 2 is 2.04 bits per heavy atom. The van der Waals surface area contributed by atoms with Gasteiger partial charge in [0.2, 0.25) is 0 Å². The zero-order valence-corrected chi connectivity index (χ0v) is 13.6. The van der Waals surface area contributed by atoms with E-state index in [4.69, 9.17) is 8.83 Å². The molecule has 3 aromatic rings. The van der Waals surface area contributed by atoms with Crippen molar-refractivity contribution in [3.8, 4) is 11.5 Å². The number of rotatable bonds is 5. The van der Waals surface area contributed by atoms with Gasteiger partial charge in [-0.05, 0) is 38.1 Å². The van der Waals surface area contributed by atoms with Crippen molar-refractivity contribution in [2.45, 2.75) is 24.3 Å². The summed E-state index contributed by atoms with van der Waals surface area (Å²) in [6.07, 6.45) is 1.50. The summed E-state index contributed by atoms with van der Waals surface area (Å²) >= 11 is 0.975. The number of halogens is 2. The first-order chi connectivity index (χ1) is 11.5. The number of thioether (sulfide) groups is 1. The molecule has 124 valence electrons. The Morgan fingerprint density at radius 3 is 2.75 bits per heavy atom. The molecule has 0 saturated heterocycles. The average Bonchev–Trinajstić information content (AvgIpc) is 3.17. The van der Waals surface area contributed by atoms with Gasteiger partial charge in [0.25, 0.3) is 11.1 Å². The number of benzene rings is 1. The molecule has 0 aliphatic heterocycles. The van der Waals surface area contributed by atoms with Gasteiger partial charge in [0.1, 0.15) is 17.4 Å². The minimum absolute atomic E-state index is 0.156. The van der Waals surface area contributed by atoms with Gasteiger partial charge >= 0.3 is 0 Å². The van der Waals surface area contributed by atoms with E-state index in [2.05, 4.69) is 10.2 Å². The molecule has 0 saturated carbocycles. The van der Waals surface area contributed by atoms with E-state index >= 15 is 0 Å². The van der Waals surface area contributed by atoms with Crippen LogP contribution in [-0.2, 0) is 0 Å². The number of aryl methyl sites for hydroxylation is 1. The van der Waals surface area contributed by atoms with Gasteiger partial charge in [-0.2, -0.15) is 0 Å². The number of hydrogen-bond donors (Lipinski definition) is 0. The van der Waals surface area contributed by atoms with E-state index in [-0.39, 0.29) is 16.7 Å². The molecule has 0 N–H and O–H groups in total. The maximum absolute atomic E-state index is 13.7. The van der Waals surface area contributed by atoms with Crippen LogP contribution in [0.1, 0.15) is 23.0 Å². The largest absolute Gasteiger partial charge is 0.469 e. The van der Waals surface area contributed by atoms with Gasteiger partial charge in [-0.3, -0.25) is 4.79 Å². The zero-order valence-electron chi connectivity index (χ0n) is 12.7. The number of carbonyl (C=O) groups is 1. The van der Waals surface area contributed by atoms with Crippen LogP contribution in [0.3, 0.4) is 0 Å². The monoisotopic (exact) mass is 350 g/mol. The molecular formula is C16H12F2N2O3S. The predicted octanol–water partition coefficient (Wildman–Crippen LogP) is 4.28. The standard InChI is InChI=1S/C16H12F2N2O3S/c1-8-11(5-6-22-8)15-19-20-16(23-15)24-9(2)14(21)12-7-10(17)3-4-13(12)18/h3-7,9H,1-2H3. The van der Waals surface area contributed by atoms with E-state index in [9.17, 15) is 13.6 Å². The van der Waals surface area contributed by atoms with Gasteiger partial charge in [-0.15, -0.1) is 10.2 Å². The highest BCUT2D eigenvalue weighted by molar-refractivity contribution is 8.00.